The second-order valence-electron chi connectivity index (χ2n) is 7.93. The lowest BCUT2D eigenvalue weighted by Crippen LogP contribution is -2.44. The monoisotopic (exact) mass is 543 g/mol. The van der Waals surface area contributed by atoms with Gasteiger partial charge in [-0.15, -0.1) is 11.3 Å². The highest BCUT2D eigenvalue weighted by Crippen LogP contribution is 2.22. The summed E-state index contributed by atoms with van der Waals surface area (Å²) in [6, 6.07) is 21.1. The van der Waals surface area contributed by atoms with Gasteiger partial charge in [0, 0.05) is 41.0 Å². The number of carbonyl (C=O) groups is 2. The highest BCUT2D eigenvalue weighted by atomic mass is 79.9. The molecule has 0 radical (unpaired) electrons. The number of halogens is 1. The molecule has 0 saturated carbocycles. The largest absolute Gasteiger partial charge is 0.385 e. The molecule has 2 aromatic carbocycles. The van der Waals surface area contributed by atoms with Crippen LogP contribution in [-0.4, -0.2) is 48.5 Å². The minimum absolute atomic E-state index is 0.0167. The number of ether oxygens (including phenoxy) is 1. The smallest absolute Gasteiger partial charge is 0.322 e. The van der Waals surface area contributed by atoms with Gasteiger partial charge in [-0.2, -0.15) is 0 Å². The molecule has 1 heterocycles. The molecule has 0 aliphatic carbocycles. The zero-order valence-electron chi connectivity index (χ0n) is 19.5. The van der Waals surface area contributed by atoms with Crippen LogP contribution in [0.2, 0.25) is 0 Å². The molecule has 3 amide bonds. The summed E-state index contributed by atoms with van der Waals surface area (Å²) in [7, 11) is 1.63. The number of rotatable bonds is 11. The van der Waals surface area contributed by atoms with E-state index in [0.717, 1.165) is 14.9 Å². The van der Waals surface area contributed by atoms with Gasteiger partial charge in [0.2, 0.25) is 5.91 Å². The van der Waals surface area contributed by atoms with Crippen molar-refractivity contribution in [2.45, 2.75) is 26.4 Å². The number of anilines is 1. The Kier molecular flexibility index (Phi) is 10.1. The topological polar surface area (TPSA) is 61.9 Å². The maximum absolute atomic E-state index is 13.5. The standard InChI is InChI=1S/C26H30BrN3O3S/c1-20-13-14-22(34-20)18-30(17-21-9-4-3-5-10-21)25(31)19-29(15-8-16-33-2)26(32)28-24-12-7-6-11-23(24)27/h3-7,9-14H,8,15-19H2,1-2H3,(H,28,32). The van der Waals surface area contributed by atoms with Gasteiger partial charge in [0.05, 0.1) is 12.2 Å². The fraction of sp³-hybridized carbons (Fsp3) is 0.308. The fourth-order valence-corrected chi connectivity index (χ4v) is 4.76. The molecule has 0 aliphatic heterocycles. The van der Waals surface area contributed by atoms with Crippen molar-refractivity contribution in [2.75, 3.05) is 32.1 Å². The zero-order chi connectivity index (χ0) is 24.3. The number of carbonyl (C=O) groups excluding carboxylic acids is 2. The molecule has 0 spiro atoms. The van der Waals surface area contributed by atoms with Crippen LogP contribution in [0.5, 0.6) is 0 Å². The van der Waals surface area contributed by atoms with Gasteiger partial charge in [-0.05, 0) is 59.1 Å². The molecule has 0 saturated heterocycles. The third-order valence-electron chi connectivity index (χ3n) is 5.22. The summed E-state index contributed by atoms with van der Waals surface area (Å²) in [5.74, 6) is -0.102. The van der Waals surface area contributed by atoms with E-state index in [1.54, 1.807) is 23.3 Å². The summed E-state index contributed by atoms with van der Waals surface area (Å²) >= 11 is 5.14. The molecule has 0 fully saturated rings. The van der Waals surface area contributed by atoms with Crippen molar-refractivity contribution >= 4 is 44.9 Å². The van der Waals surface area contributed by atoms with E-state index >= 15 is 0 Å². The van der Waals surface area contributed by atoms with Crippen LogP contribution < -0.4 is 5.32 Å². The van der Waals surface area contributed by atoms with Crippen molar-refractivity contribution in [3.63, 3.8) is 0 Å². The van der Waals surface area contributed by atoms with E-state index in [1.165, 1.54) is 4.88 Å². The number of aryl methyl sites for hydroxylation is 1. The quantitative estimate of drug-likeness (QED) is 0.305. The highest BCUT2D eigenvalue weighted by molar-refractivity contribution is 9.10. The Morgan fingerprint density at radius 3 is 2.38 bits per heavy atom. The molecule has 180 valence electrons. The summed E-state index contributed by atoms with van der Waals surface area (Å²) in [5, 5.41) is 2.91. The van der Waals surface area contributed by atoms with Gasteiger partial charge in [0.25, 0.3) is 0 Å². The van der Waals surface area contributed by atoms with Gasteiger partial charge in [-0.3, -0.25) is 4.79 Å². The van der Waals surface area contributed by atoms with Crippen LogP contribution in [0.3, 0.4) is 0 Å². The van der Waals surface area contributed by atoms with Crippen LogP contribution in [0.4, 0.5) is 10.5 Å². The van der Waals surface area contributed by atoms with Crippen molar-refractivity contribution in [3.8, 4) is 0 Å². The Hall–Kier alpha value is -2.68. The molecule has 1 aromatic heterocycles. The summed E-state index contributed by atoms with van der Waals surface area (Å²) < 4.78 is 5.94. The van der Waals surface area contributed by atoms with Gasteiger partial charge in [0.1, 0.15) is 6.54 Å². The molecule has 0 unspecified atom stereocenters. The molecule has 34 heavy (non-hydrogen) atoms. The molecule has 0 aliphatic rings. The molecule has 0 bridgehead atoms. The Bertz CT molecular complexity index is 1070. The van der Waals surface area contributed by atoms with E-state index in [-0.39, 0.29) is 18.5 Å². The maximum atomic E-state index is 13.5. The zero-order valence-corrected chi connectivity index (χ0v) is 21.9. The van der Waals surface area contributed by atoms with Crippen LogP contribution in [0.15, 0.2) is 71.2 Å². The number of para-hydroxylation sites is 1. The molecule has 6 nitrogen and oxygen atoms in total. The number of hydrogen-bond acceptors (Lipinski definition) is 4. The predicted molar refractivity (Wildman–Crippen MR) is 141 cm³/mol. The Morgan fingerprint density at radius 1 is 0.971 bits per heavy atom. The first-order chi connectivity index (χ1) is 16.5. The van der Waals surface area contributed by atoms with E-state index in [2.05, 4.69) is 40.3 Å². The Balaban J connectivity index is 1.76. The molecule has 1 N–H and O–H groups in total. The number of thiophene rings is 1. The number of nitrogens with one attached hydrogen (secondary N) is 1. The van der Waals surface area contributed by atoms with Crippen molar-refractivity contribution in [1.82, 2.24) is 9.80 Å². The minimum Gasteiger partial charge on any atom is -0.385 e. The lowest BCUT2D eigenvalue weighted by Gasteiger charge is -2.28. The van der Waals surface area contributed by atoms with Crippen LogP contribution in [0.25, 0.3) is 0 Å². The minimum atomic E-state index is -0.317. The van der Waals surface area contributed by atoms with Crippen LogP contribution in [0.1, 0.15) is 21.7 Å². The Labute approximate surface area is 213 Å². The number of urea groups is 1. The molecule has 0 atom stereocenters. The van der Waals surface area contributed by atoms with Gasteiger partial charge in [-0.25, -0.2) is 4.79 Å². The SMILES string of the molecule is COCCCN(CC(=O)N(Cc1ccccc1)Cc1ccc(C)s1)C(=O)Nc1ccccc1Br. The number of benzene rings is 2. The maximum Gasteiger partial charge on any atom is 0.322 e. The third-order valence-corrected chi connectivity index (χ3v) is 6.89. The van der Waals surface area contributed by atoms with Crippen molar-refractivity contribution in [3.05, 3.63) is 86.5 Å². The summed E-state index contributed by atoms with van der Waals surface area (Å²) in [4.78, 5) is 32.3. The van der Waals surface area contributed by atoms with Crippen LogP contribution >= 0.6 is 27.3 Å². The normalized spacial score (nSPS) is 10.7. The molecule has 8 heteroatoms. The van der Waals surface area contributed by atoms with Gasteiger partial charge in [-0.1, -0.05) is 42.5 Å². The van der Waals surface area contributed by atoms with E-state index in [9.17, 15) is 9.59 Å². The van der Waals surface area contributed by atoms with Gasteiger partial charge >= 0.3 is 6.03 Å². The summed E-state index contributed by atoms with van der Waals surface area (Å²) in [6.45, 7) is 3.94. The van der Waals surface area contributed by atoms with E-state index in [0.29, 0.717) is 38.3 Å². The highest BCUT2D eigenvalue weighted by Gasteiger charge is 2.22. The average molecular weight is 545 g/mol. The van der Waals surface area contributed by atoms with Crippen molar-refractivity contribution < 1.29 is 14.3 Å². The molecule has 3 aromatic rings. The molecule has 3 rings (SSSR count). The average Bonchev–Trinajstić information content (AvgIpc) is 3.24. The van der Waals surface area contributed by atoms with Crippen molar-refractivity contribution in [2.24, 2.45) is 0 Å². The lowest BCUT2D eigenvalue weighted by atomic mass is 10.2. The Morgan fingerprint density at radius 2 is 1.71 bits per heavy atom. The first-order valence-electron chi connectivity index (χ1n) is 11.1. The second kappa shape index (κ2) is 13.3. The molecular formula is C26H30BrN3O3S. The van der Waals surface area contributed by atoms with Crippen molar-refractivity contribution in [1.29, 1.82) is 0 Å². The lowest BCUT2D eigenvalue weighted by molar-refractivity contribution is -0.133. The van der Waals surface area contributed by atoms with Crippen LogP contribution in [0, 0.1) is 6.92 Å². The number of hydrogen-bond donors (Lipinski definition) is 1. The summed E-state index contributed by atoms with van der Waals surface area (Å²) in [5.41, 5.74) is 1.71. The molecular weight excluding hydrogens is 514 g/mol. The first kappa shape index (κ1) is 25.9. The first-order valence-corrected chi connectivity index (χ1v) is 12.7. The van der Waals surface area contributed by atoms with Gasteiger partial charge < -0.3 is 19.9 Å². The van der Waals surface area contributed by atoms with E-state index < -0.39 is 0 Å². The van der Waals surface area contributed by atoms with Crippen LogP contribution in [-0.2, 0) is 22.6 Å². The number of nitrogens with zero attached hydrogens (tertiary/aromatic N) is 2. The third kappa shape index (κ3) is 7.97. The predicted octanol–water partition coefficient (Wildman–Crippen LogP) is 5.92. The number of amides is 3. The van der Waals surface area contributed by atoms with E-state index in [1.807, 2.05) is 59.5 Å². The second-order valence-corrected chi connectivity index (χ2v) is 10.2. The van der Waals surface area contributed by atoms with E-state index in [4.69, 9.17) is 4.74 Å². The van der Waals surface area contributed by atoms with Gasteiger partial charge in [0.15, 0.2) is 0 Å². The summed E-state index contributed by atoms with van der Waals surface area (Å²) in [6.07, 6.45) is 0.635. The fourth-order valence-electron chi connectivity index (χ4n) is 3.47. The number of methoxy groups -OCH3 is 1.